The number of rotatable bonds is 5. The first-order valence-electron chi connectivity index (χ1n) is 9.87. The minimum absolute atomic E-state index is 0.0709. The highest BCUT2D eigenvalue weighted by atomic mass is 16.6. The molecule has 1 saturated carbocycles. The van der Waals surface area contributed by atoms with Crippen LogP contribution < -0.4 is 10.6 Å². The number of nitrogens with one attached hydrogen (secondary N) is 2. The van der Waals surface area contributed by atoms with Crippen molar-refractivity contribution in [1.29, 1.82) is 0 Å². The first-order valence-corrected chi connectivity index (χ1v) is 9.87. The van der Waals surface area contributed by atoms with Gasteiger partial charge < -0.3 is 25.2 Å². The number of hydrogen-bond donors (Lipinski definition) is 2. The molecule has 7 nitrogen and oxygen atoms in total. The van der Waals surface area contributed by atoms with Crippen molar-refractivity contribution in [1.82, 2.24) is 20.4 Å². The summed E-state index contributed by atoms with van der Waals surface area (Å²) in [6.45, 7) is 7.07. The van der Waals surface area contributed by atoms with Gasteiger partial charge >= 0.3 is 12.1 Å². The molecule has 1 aliphatic carbocycles. The van der Waals surface area contributed by atoms with Gasteiger partial charge in [0, 0.05) is 45.3 Å². The van der Waals surface area contributed by atoms with Gasteiger partial charge in [-0.1, -0.05) is 0 Å². The second-order valence-electron chi connectivity index (χ2n) is 7.46. The van der Waals surface area contributed by atoms with Crippen LogP contribution in [0.25, 0.3) is 0 Å². The molecule has 0 unspecified atom stereocenters. The molecule has 0 radical (unpaired) electrons. The van der Waals surface area contributed by atoms with Crippen LogP contribution in [0, 0.1) is 11.8 Å². The number of likely N-dealkylation sites (tertiary alicyclic amines) is 2. The fourth-order valence-corrected chi connectivity index (χ4v) is 4.54. The molecular weight excluding hydrogens is 320 g/mol. The smallest absolute Gasteiger partial charge is 0.409 e. The number of ether oxygens (including phenoxy) is 1. The van der Waals surface area contributed by atoms with Crippen LogP contribution >= 0.6 is 0 Å². The predicted octanol–water partition coefficient (Wildman–Crippen LogP) is 1.64. The Labute approximate surface area is 150 Å². The van der Waals surface area contributed by atoms with Crippen molar-refractivity contribution in [3.05, 3.63) is 0 Å². The monoisotopic (exact) mass is 352 g/mol. The summed E-state index contributed by atoms with van der Waals surface area (Å²) in [7, 11) is 0. The van der Waals surface area contributed by atoms with Gasteiger partial charge in [0.15, 0.2) is 0 Å². The third-order valence-corrected chi connectivity index (χ3v) is 5.78. The highest BCUT2D eigenvalue weighted by molar-refractivity contribution is 5.74. The SMILES string of the molecule is CCOC(=O)N1C[C@@H]2CC[C@@H](C1)C2NCCNC(=O)N1CCCCC1. The number of urea groups is 1. The first kappa shape index (κ1) is 18.3. The number of amides is 3. The van der Waals surface area contributed by atoms with Crippen LogP contribution in [0.2, 0.25) is 0 Å². The maximum Gasteiger partial charge on any atom is 0.409 e. The number of hydrogen-bond acceptors (Lipinski definition) is 4. The second kappa shape index (κ2) is 8.74. The highest BCUT2D eigenvalue weighted by Crippen LogP contribution is 2.37. The van der Waals surface area contributed by atoms with E-state index in [1.54, 1.807) is 0 Å². The van der Waals surface area contributed by atoms with E-state index in [4.69, 9.17) is 4.74 Å². The Hall–Kier alpha value is -1.50. The summed E-state index contributed by atoms with van der Waals surface area (Å²) < 4.78 is 5.14. The van der Waals surface area contributed by atoms with Gasteiger partial charge in [0.05, 0.1) is 6.61 Å². The molecule has 0 aromatic heterocycles. The fourth-order valence-electron chi connectivity index (χ4n) is 4.54. The molecule has 3 rings (SSSR count). The maximum atomic E-state index is 12.1. The molecule has 0 aromatic rings. The molecule has 3 amide bonds. The molecule has 0 aromatic carbocycles. The van der Waals surface area contributed by atoms with E-state index in [1.807, 2.05) is 16.7 Å². The van der Waals surface area contributed by atoms with E-state index in [-0.39, 0.29) is 12.1 Å². The lowest BCUT2D eigenvalue weighted by Crippen LogP contribution is -2.54. The lowest BCUT2D eigenvalue weighted by molar-refractivity contribution is 0.0755. The second-order valence-corrected chi connectivity index (χ2v) is 7.46. The molecule has 25 heavy (non-hydrogen) atoms. The number of carbonyl (C=O) groups excluding carboxylic acids is 2. The lowest BCUT2D eigenvalue weighted by atomic mass is 9.92. The minimum atomic E-state index is -0.174. The number of carbonyl (C=O) groups is 2. The van der Waals surface area contributed by atoms with Gasteiger partial charge in [-0.15, -0.1) is 0 Å². The van der Waals surface area contributed by atoms with Crippen LogP contribution in [-0.4, -0.2) is 73.8 Å². The zero-order chi connectivity index (χ0) is 17.6. The third kappa shape index (κ3) is 4.57. The summed E-state index contributed by atoms with van der Waals surface area (Å²) in [4.78, 5) is 27.8. The molecule has 142 valence electrons. The predicted molar refractivity (Wildman–Crippen MR) is 95.4 cm³/mol. The van der Waals surface area contributed by atoms with Crippen molar-refractivity contribution < 1.29 is 14.3 Å². The normalized spacial score (nSPS) is 28.8. The summed E-state index contributed by atoms with van der Waals surface area (Å²) in [5, 5.41) is 6.65. The number of nitrogens with zero attached hydrogens (tertiary/aromatic N) is 2. The van der Waals surface area contributed by atoms with Crippen LogP contribution in [0.5, 0.6) is 0 Å². The molecule has 7 heteroatoms. The van der Waals surface area contributed by atoms with Crippen LogP contribution in [0.4, 0.5) is 9.59 Å². The topological polar surface area (TPSA) is 73.9 Å². The Bertz CT molecular complexity index is 453. The van der Waals surface area contributed by atoms with E-state index in [0.717, 1.165) is 45.6 Å². The molecule has 3 fully saturated rings. The van der Waals surface area contributed by atoms with Gasteiger partial charge in [-0.2, -0.15) is 0 Å². The molecule has 2 N–H and O–H groups in total. The van der Waals surface area contributed by atoms with E-state index in [9.17, 15) is 9.59 Å². The molecule has 0 spiro atoms. The van der Waals surface area contributed by atoms with Crippen molar-refractivity contribution in [3.8, 4) is 0 Å². The van der Waals surface area contributed by atoms with Crippen LogP contribution in [-0.2, 0) is 4.74 Å². The van der Waals surface area contributed by atoms with Gasteiger partial charge in [-0.25, -0.2) is 9.59 Å². The third-order valence-electron chi connectivity index (χ3n) is 5.78. The Morgan fingerprint density at radius 2 is 1.68 bits per heavy atom. The van der Waals surface area contributed by atoms with Gasteiger partial charge in [-0.3, -0.25) is 0 Å². The Morgan fingerprint density at radius 3 is 2.32 bits per heavy atom. The summed E-state index contributed by atoms with van der Waals surface area (Å²) >= 11 is 0. The van der Waals surface area contributed by atoms with E-state index < -0.39 is 0 Å². The van der Waals surface area contributed by atoms with E-state index in [2.05, 4.69) is 10.6 Å². The molecule has 3 aliphatic rings. The Morgan fingerprint density at radius 1 is 1.00 bits per heavy atom. The van der Waals surface area contributed by atoms with Crippen molar-refractivity contribution in [3.63, 3.8) is 0 Å². The Kier molecular flexibility index (Phi) is 6.39. The van der Waals surface area contributed by atoms with Crippen LogP contribution in [0.3, 0.4) is 0 Å². The van der Waals surface area contributed by atoms with Crippen molar-refractivity contribution in [2.45, 2.75) is 45.1 Å². The van der Waals surface area contributed by atoms with Gasteiger partial charge in [0.1, 0.15) is 0 Å². The van der Waals surface area contributed by atoms with Gasteiger partial charge in [0.25, 0.3) is 0 Å². The summed E-state index contributed by atoms with van der Waals surface area (Å²) in [6, 6.07) is 0.527. The first-order chi connectivity index (χ1) is 12.2. The van der Waals surface area contributed by atoms with Crippen molar-refractivity contribution in [2.75, 3.05) is 45.9 Å². The largest absolute Gasteiger partial charge is 0.450 e. The quantitative estimate of drug-likeness (QED) is 0.738. The van der Waals surface area contributed by atoms with E-state index in [0.29, 0.717) is 31.0 Å². The Balaban J connectivity index is 1.37. The zero-order valence-corrected chi connectivity index (χ0v) is 15.3. The number of fused-ring (bicyclic) bond motifs is 2. The molecule has 2 heterocycles. The van der Waals surface area contributed by atoms with Crippen LogP contribution in [0.1, 0.15) is 39.0 Å². The lowest BCUT2D eigenvalue weighted by Gasteiger charge is -2.38. The van der Waals surface area contributed by atoms with Crippen LogP contribution in [0.15, 0.2) is 0 Å². The standard InChI is InChI=1S/C18H32N4O3/c1-2-25-18(24)22-12-14-6-7-15(13-22)16(14)19-8-9-20-17(23)21-10-4-3-5-11-21/h14-16,19H,2-13H2,1H3,(H,20,23)/t14-,15-/m0/s1. The van der Waals surface area contributed by atoms with E-state index in [1.165, 1.54) is 19.3 Å². The molecular formula is C18H32N4O3. The summed E-state index contributed by atoms with van der Waals surface area (Å²) in [5.74, 6) is 1.00. The van der Waals surface area contributed by atoms with Crippen molar-refractivity contribution in [2.24, 2.45) is 11.8 Å². The average Bonchev–Trinajstić information content (AvgIpc) is 2.87. The zero-order valence-electron chi connectivity index (χ0n) is 15.3. The molecule has 2 saturated heterocycles. The maximum absolute atomic E-state index is 12.1. The summed E-state index contributed by atoms with van der Waals surface area (Å²) in [5.41, 5.74) is 0. The number of piperidine rings is 2. The minimum Gasteiger partial charge on any atom is -0.450 e. The average molecular weight is 352 g/mol. The molecule has 2 aliphatic heterocycles. The van der Waals surface area contributed by atoms with E-state index >= 15 is 0 Å². The fraction of sp³-hybridized carbons (Fsp3) is 0.889. The van der Waals surface area contributed by atoms with Gasteiger partial charge in [0.2, 0.25) is 0 Å². The highest BCUT2D eigenvalue weighted by Gasteiger charge is 2.43. The van der Waals surface area contributed by atoms with Gasteiger partial charge in [-0.05, 0) is 50.9 Å². The van der Waals surface area contributed by atoms with Crippen molar-refractivity contribution >= 4 is 12.1 Å². The molecule has 2 atom stereocenters. The molecule has 2 bridgehead atoms. The summed E-state index contributed by atoms with van der Waals surface area (Å²) in [6.07, 6.45) is 5.63.